The molecule has 10 heteroatoms. The van der Waals surface area contributed by atoms with Crippen LogP contribution in [0, 0.1) is 28.9 Å². The van der Waals surface area contributed by atoms with E-state index in [2.05, 4.69) is 5.32 Å². The molecule has 4 rings (SSSR count). The Hall–Kier alpha value is -3.63. The average Bonchev–Trinajstić information content (AvgIpc) is 3.23. The smallest absolute Gasteiger partial charge is 0.327 e. The summed E-state index contributed by atoms with van der Waals surface area (Å²) in [6.45, 7) is 3.06. The number of carbonyl (C=O) groups is 3. The van der Waals surface area contributed by atoms with Crippen molar-refractivity contribution in [2.45, 2.75) is 31.5 Å². The van der Waals surface area contributed by atoms with Crippen LogP contribution in [0.15, 0.2) is 48.5 Å². The molecule has 5 unspecified atom stereocenters. The van der Waals surface area contributed by atoms with Gasteiger partial charge in [-0.2, -0.15) is 0 Å². The fourth-order valence-electron chi connectivity index (χ4n) is 4.90. The van der Waals surface area contributed by atoms with Gasteiger partial charge in [-0.1, -0.05) is 30.3 Å². The third-order valence-electron chi connectivity index (χ3n) is 6.43. The van der Waals surface area contributed by atoms with Gasteiger partial charge < -0.3 is 10.2 Å². The van der Waals surface area contributed by atoms with Gasteiger partial charge in [0.25, 0.3) is 5.69 Å². The number of nitro groups is 1. The molecule has 3 N–H and O–H groups in total. The van der Waals surface area contributed by atoms with Crippen LogP contribution < -0.4 is 10.2 Å². The number of aliphatic hydroxyl groups excluding tert-OH is 1. The molecule has 32 heavy (non-hydrogen) atoms. The van der Waals surface area contributed by atoms with Crippen LogP contribution in [0.3, 0.4) is 0 Å². The summed E-state index contributed by atoms with van der Waals surface area (Å²) in [6, 6.07) is 11.3. The normalized spacial score (nSPS) is 28.0. The number of imide groups is 1. The monoisotopic (exact) mass is 439 g/mol. The standard InChI is InChI=1S/C22H21N3O7/c1-11-6-3-4-9-15(11)18-16-17(22(23-18,12(2)26)21(29)30)20(28)24(19(16)27)13-7-5-8-14(10-13)25(31)32/h3-10,12,16-18,23,26H,1-2H3,(H,29,30). The second-order valence-electron chi connectivity index (χ2n) is 8.12. The number of carboxylic acid groups (broad SMARTS) is 1. The maximum atomic E-state index is 13.5. The molecule has 0 aromatic heterocycles. The summed E-state index contributed by atoms with van der Waals surface area (Å²) in [6.07, 6.45) is -1.51. The minimum absolute atomic E-state index is 0.0167. The second-order valence-corrected chi connectivity index (χ2v) is 8.12. The number of aliphatic hydroxyl groups is 1. The molecule has 2 aromatic rings. The first-order valence-corrected chi connectivity index (χ1v) is 9.98. The number of benzene rings is 2. The predicted octanol–water partition coefficient (Wildman–Crippen LogP) is 1.56. The lowest BCUT2D eigenvalue weighted by atomic mass is 9.76. The average molecular weight is 439 g/mol. The number of hydrogen-bond donors (Lipinski definition) is 3. The molecular weight excluding hydrogens is 418 g/mol. The van der Waals surface area contributed by atoms with Crippen molar-refractivity contribution >= 4 is 29.2 Å². The summed E-state index contributed by atoms with van der Waals surface area (Å²) in [5, 5.41) is 34.7. The van der Waals surface area contributed by atoms with E-state index in [4.69, 9.17) is 0 Å². The Morgan fingerprint density at radius 3 is 2.47 bits per heavy atom. The lowest BCUT2D eigenvalue weighted by Gasteiger charge is -2.33. The fourth-order valence-corrected chi connectivity index (χ4v) is 4.90. The van der Waals surface area contributed by atoms with Gasteiger partial charge in [-0.05, 0) is 31.0 Å². The molecule has 5 atom stereocenters. The Morgan fingerprint density at radius 2 is 1.88 bits per heavy atom. The molecule has 0 radical (unpaired) electrons. The highest BCUT2D eigenvalue weighted by Crippen LogP contribution is 2.51. The maximum absolute atomic E-state index is 13.5. The van der Waals surface area contributed by atoms with Crippen molar-refractivity contribution < 1.29 is 29.5 Å². The van der Waals surface area contributed by atoms with Crippen LogP contribution in [0.25, 0.3) is 0 Å². The Bertz CT molecular complexity index is 1150. The zero-order valence-electron chi connectivity index (χ0n) is 17.3. The number of nitrogens with zero attached hydrogens (tertiary/aromatic N) is 2. The molecule has 2 aliphatic heterocycles. The number of nitro benzene ring substituents is 1. The van der Waals surface area contributed by atoms with Crippen LogP contribution >= 0.6 is 0 Å². The highest BCUT2D eigenvalue weighted by Gasteiger charge is 2.70. The second kappa shape index (κ2) is 7.50. The number of anilines is 1. The molecule has 0 saturated carbocycles. The van der Waals surface area contributed by atoms with Crippen molar-refractivity contribution in [1.29, 1.82) is 0 Å². The van der Waals surface area contributed by atoms with E-state index >= 15 is 0 Å². The summed E-state index contributed by atoms with van der Waals surface area (Å²) >= 11 is 0. The maximum Gasteiger partial charge on any atom is 0.327 e. The van der Waals surface area contributed by atoms with E-state index in [-0.39, 0.29) is 11.4 Å². The number of fused-ring (bicyclic) bond motifs is 1. The van der Waals surface area contributed by atoms with Crippen LogP contribution in [0.4, 0.5) is 11.4 Å². The molecule has 2 fully saturated rings. The first kappa shape index (κ1) is 21.6. The van der Waals surface area contributed by atoms with E-state index < -0.39 is 52.2 Å². The molecule has 2 aromatic carbocycles. The highest BCUT2D eigenvalue weighted by molar-refractivity contribution is 6.24. The number of hydrogen-bond acceptors (Lipinski definition) is 7. The van der Waals surface area contributed by atoms with Crippen LogP contribution in [0.1, 0.15) is 24.1 Å². The summed E-state index contributed by atoms with van der Waals surface area (Å²) in [5.74, 6) is -5.48. The van der Waals surface area contributed by atoms with Crippen LogP contribution in [-0.2, 0) is 14.4 Å². The molecule has 0 spiro atoms. The molecule has 2 amide bonds. The molecule has 10 nitrogen and oxygen atoms in total. The van der Waals surface area contributed by atoms with Gasteiger partial charge >= 0.3 is 5.97 Å². The summed E-state index contributed by atoms with van der Waals surface area (Å²) in [4.78, 5) is 50.8. The number of non-ortho nitro benzene ring substituents is 1. The third-order valence-corrected chi connectivity index (χ3v) is 6.43. The largest absolute Gasteiger partial charge is 0.480 e. The quantitative estimate of drug-likeness (QED) is 0.361. The number of carbonyl (C=O) groups excluding carboxylic acids is 2. The molecule has 0 aliphatic carbocycles. The van der Waals surface area contributed by atoms with Crippen molar-refractivity contribution in [3.8, 4) is 0 Å². The van der Waals surface area contributed by atoms with E-state index in [9.17, 15) is 34.7 Å². The van der Waals surface area contributed by atoms with Crippen molar-refractivity contribution in [1.82, 2.24) is 5.32 Å². The predicted molar refractivity (Wildman–Crippen MR) is 112 cm³/mol. The number of amides is 2. The summed E-state index contributed by atoms with van der Waals surface area (Å²) < 4.78 is 0. The Kier molecular flexibility index (Phi) is 5.06. The van der Waals surface area contributed by atoms with Crippen LogP contribution in [-0.4, -0.2) is 44.6 Å². The SMILES string of the molecule is Cc1ccccc1C1NC(C(=O)O)(C(C)O)C2C(=O)N(c3cccc([N+](=O)[O-])c3)C(=O)C12. The lowest BCUT2D eigenvalue weighted by molar-refractivity contribution is -0.384. The van der Waals surface area contributed by atoms with E-state index in [0.717, 1.165) is 16.5 Å². The van der Waals surface area contributed by atoms with Crippen molar-refractivity contribution in [3.63, 3.8) is 0 Å². The molecule has 0 bridgehead atoms. The van der Waals surface area contributed by atoms with Gasteiger partial charge in [0.15, 0.2) is 5.54 Å². The van der Waals surface area contributed by atoms with Gasteiger partial charge in [0.05, 0.1) is 28.6 Å². The first-order valence-electron chi connectivity index (χ1n) is 9.98. The first-order chi connectivity index (χ1) is 15.1. The van der Waals surface area contributed by atoms with Gasteiger partial charge in [0.2, 0.25) is 11.8 Å². The minimum Gasteiger partial charge on any atom is -0.480 e. The molecule has 2 saturated heterocycles. The number of nitrogens with one attached hydrogen (secondary N) is 1. The van der Waals surface area contributed by atoms with Gasteiger partial charge in [-0.25, -0.2) is 4.90 Å². The molecular formula is C22H21N3O7. The number of rotatable bonds is 5. The van der Waals surface area contributed by atoms with Crippen LogP contribution in [0.2, 0.25) is 0 Å². The van der Waals surface area contributed by atoms with Gasteiger partial charge in [-0.15, -0.1) is 0 Å². The fraction of sp³-hybridized carbons (Fsp3) is 0.318. The number of aliphatic carboxylic acids is 1. The van der Waals surface area contributed by atoms with Crippen molar-refractivity contribution in [2.24, 2.45) is 11.8 Å². The Labute approximate surface area is 182 Å². The summed E-state index contributed by atoms with van der Waals surface area (Å²) in [7, 11) is 0. The lowest BCUT2D eigenvalue weighted by Crippen LogP contribution is -2.62. The van der Waals surface area contributed by atoms with Crippen molar-refractivity contribution in [2.75, 3.05) is 4.90 Å². The van der Waals surface area contributed by atoms with E-state index in [1.165, 1.54) is 25.1 Å². The van der Waals surface area contributed by atoms with E-state index in [1.807, 2.05) is 0 Å². The zero-order chi connectivity index (χ0) is 23.4. The zero-order valence-corrected chi connectivity index (χ0v) is 17.3. The minimum atomic E-state index is -2.11. The van der Waals surface area contributed by atoms with Gasteiger partial charge in [0.1, 0.15) is 0 Å². The third kappa shape index (κ3) is 2.91. The van der Waals surface area contributed by atoms with Gasteiger partial charge in [0, 0.05) is 18.2 Å². The van der Waals surface area contributed by atoms with E-state index in [1.54, 1.807) is 31.2 Å². The molecule has 2 heterocycles. The highest BCUT2D eigenvalue weighted by atomic mass is 16.6. The van der Waals surface area contributed by atoms with Crippen molar-refractivity contribution in [3.05, 3.63) is 69.8 Å². The number of carboxylic acids is 1. The van der Waals surface area contributed by atoms with Gasteiger partial charge in [-0.3, -0.25) is 29.8 Å². The Morgan fingerprint density at radius 1 is 1.19 bits per heavy atom. The molecule has 166 valence electrons. The topological polar surface area (TPSA) is 150 Å². The number of aryl methyl sites for hydroxylation is 1. The Balaban J connectivity index is 1.90. The van der Waals surface area contributed by atoms with Crippen LogP contribution in [0.5, 0.6) is 0 Å². The van der Waals surface area contributed by atoms with E-state index in [0.29, 0.717) is 5.56 Å². The summed E-state index contributed by atoms with van der Waals surface area (Å²) in [5.41, 5.74) is -1.02. The molecule has 2 aliphatic rings.